The van der Waals surface area contributed by atoms with E-state index in [1.165, 1.54) is 5.56 Å². The van der Waals surface area contributed by atoms with Gasteiger partial charge in [0.2, 0.25) is 0 Å². The van der Waals surface area contributed by atoms with Crippen molar-refractivity contribution in [2.24, 2.45) is 0 Å². The predicted octanol–water partition coefficient (Wildman–Crippen LogP) is 3.81. The molecule has 0 N–H and O–H groups in total. The molecule has 1 aromatic carbocycles. The van der Waals surface area contributed by atoms with Gasteiger partial charge in [0, 0.05) is 30.3 Å². The summed E-state index contributed by atoms with van der Waals surface area (Å²) in [7, 11) is 0. The van der Waals surface area contributed by atoms with Crippen molar-refractivity contribution in [2.45, 2.75) is 36.4 Å². The van der Waals surface area contributed by atoms with Gasteiger partial charge in [0.15, 0.2) is 11.0 Å². The van der Waals surface area contributed by atoms with Crippen molar-refractivity contribution in [1.82, 2.24) is 19.7 Å². The molecular formula is C19H20N4OS. The Bertz CT molecular complexity index is 801. The van der Waals surface area contributed by atoms with Crippen LogP contribution in [0, 0.1) is 0 Å². The Hall–Kier alpha value is -2.18. The Kier molecular flexibility index (Phi) is 5.09. The summed E-state index contributed by atoms with van der Waals surface area (Å²) in [5.74, 6) is 1.76. The van der Waals surface area contributed by atoms with E-state index in [0.717, 1.165) is 48.3 Å². The highest BCUT2D eigenvalue weighted by molar-refractivity contribution is 7.98. The molecule has 0 aliphatic carbocycles. The molecule has 1 aliphatic rings. The molecule has 1 fully saturated rings. The molecule has 1 saturated heterocycles. The van der Waals surface area contributed by atoms with Crippen LogP contribution in [0.4, 0.5) is 0 Å². The van der Waals surface area contributed by atoms with Crippen LogP contribution in [0.15, 0.2) is 60.0 Å². The first-order chi connectivity index (χ1) is 12.4. The van der Waals surface area contributed by atoms with Crippen LogP contribution >= 0.6 is 11.8 Å². The number of thioether (sulfide) groups is 1. The second-order valence-electron chi connectivity index (χ2n) is 6.06. The first-order valence-electron chi connectivity index (χ1n) is 8.52. The van der Waals surface area contributed by atoms with Crippen molar-refractivity contribution in [1.29, 1.82) is 0 Å². The van der Waals surface area contributed by atoms with Gasteiger partial charge in [0.05, 0.1) is 12.6 Å². The Morgan fingerprint density at radius 1 is 1.08 bits per heavy atom. The lowest BCUT2D eigenvalue weighted by atomic mass is 10.2. The van der Waals surface area contributed by atoms with Crippen molar-refractivity contribution in [3.05, 3.63) is 60.4 Å². The van der Waals surface area contributed by atoms with Crippen LogP contribution in [0.1, 0.15) is 18.4 Å². The van der Waals surface area contributed by atoms with Gasteiger partial charge in [-0.15, -0.1) is 10.2 Å². The maximum absolute atomic E-state index is 5.84. The van der Waals surface area contributed by atoms with Gasteiger partial charge < -0.3 is 4.74 Å². The smallest absolute Gasteiger partial charge is 0.191 e. The molecule has 6 heteroatoms. The summed E-state index contributed by atoms with van der Waals surface area (Å²) in [4.78, 5) is 4.10. The highest BCUT2D eigenvalue weighted by Crippen LogP contribution is 2.28. The van der Waals surface area contributed by atoms with Gasteiger partial charge in [-0.3, -0.25) is 9.55 Å². The van der Waals surface area contributed by atoms with Crippen LogP contribution in [-0.4, -0.2) is 32.5 Å². The van der Waals surface area contributed by atoms with E-state index < -0.39 is 0 Å². The molecule has 0 saturated carbocycles. The van der Waals surface area contributed by atoms with Gasteiger partial charge in [-0.05, 0) is 30.5 Å². The summed E-state index contributed by atoms with van der Waals surface area (Å²) in [5, 5.41) is 9.84. The lowest BCUT2D eigenvalue weighted by Crippen LogP contribution is -2.16. The standard InChI is InChI=1S/C19H20N4OS/c1-2-5-15(6-3-1)14-25-19-22-21-18(16-8-10-20-11-9-16)23(19)13-17-7-4-12-24-17/h1-3,5-6,8-11,17H,4,7,12-14H2. The van der Waals surface area contributed by atoms with Crippen LogP contribution < -0.4 is 0 Å². The molecule has 128 valence electrons. The van der Waals surface area contributed by atoms with Crippen molar-refractivity contribution in [3.8, 4) is 11.4 Å². The largest absolute Gasteiger partial charge is 0.376 e. The third-order valence-corrected chi connectivity index (χ3v) is 5.31. The number of aromatic nitrogens is 4. The molecule has 25 heavy (non-hydrogen) atoms. The molecule has 0 amide bonds. The molecule has 0 spiro atoms. The summed E-state index contributed by atoms with van der Waals surface area (Å²) >= 11 is 1.72. The second-order valence-corrected chi connectivity index (χ2v) is 7.00. The molecule has 1 unspecified atom stereocenters. The zero-order valence-corrected chi connectivity index (χ0v) is 14.7. The molecule has 1 atom stereocenters. The maximum Gasteiger partial charge on any atom is 0.191 e. The minimum atomic E-state index is 0.243. The molecule has 1 aliphatic heterocycles. The fourth-order valence-corrected chi connectivity index (χ4v) is 3.89. The van der Waals surface area contributed by atoms with Gasteiger partial charge in [0.25, 0.3) is 0 Å². The van der Waals surface area contributed by atoms with E-state index in [1.807, 2.05) is 18.2 Å². The lowest BCUT2D eigenvalue weighted by molar-refractivity contribution is 0.0953. The Balaban J connectivity index is 1.60. The topological polar surface area (TPSA) is 52.8 Å². The van der Waals surface area contributed by atoms with E-state index in [4.69, 9.17) is 4.74 Å². The molecule has 3 heterocycles. The summed E-state index contributed by atoms with van der Waals surface area (Å²) in [6.07, 6.45) is 6.04. The summed E-state index contributed by atoms with van der Waals surface area (Å²) in [6.45, 7) is 1.64. The molecule has 2 aromatic heterocycles. The maximum atomic E-state index is 5.84. The van der Waals surface area contributed by atoms with Crippen molar-refractivity contribution in [3.63, 3.8) is 0 Å². The Morgan fingerprint density at radius 2 is 1.92 bits per heavy atom. The third-order valence-electron chi connectivity index (χ3n) is 4.28. The van der Waals surface area contributed by atoms with Gasteiger partial charge in [-0.1, -0.05) is 42.1 Å². The number of hydrogen-bond donors (Lipinski definition) is 0. The summed E-state index contributed by atoms with van der Waals surface area (Å²) in [5.41, 5.74) is 2.32. The first kappa shape index (κ1) is 16.3. The first-order valence-corrected chi connectivity index (χ1v) is 9.50. The SMILES string of the molecule is c1ccc(CSc2nnc(-c3ccncc3)n2CC2CCCO2)cc1. The molecule has 5 nitrogen and oxygen atoms in total. The molecule has 0 bridgehead atoms. The molecule has 4 rings (SSSR count). The van der Waals surface area contributed by atoms with Crippen molar-refractivity contribution >= 4 is 11.8 Å². The average molecular weight is 352 g/mol. The lowest BCUT2D eigenvalue weighted by Gasteiger charge is -2.14. The second kappa shape index (κ2) is 7.80. The number of benzene rings is 1. The van der Waals surface area contributed by atoms with Gasteiger partial charge in [-0.2, -0.15) is 0 Å². The van der Waals surface area contributed by atoms with E-state index in [-0.39, 0.29) is 6.10 Å². The molecule has 3 aromatic rings. The van der Waals surface area contributed by atoms with Gasteiger partial charge in [-0.25, -0.2) is 0 Å². The number of pyridine rings is 1. The fraction of sp³-hybridized carbons (Fsp3) is 0.316. The van der Waals surface area contributed by atoms with E-state index in [2.05, 4.69) is 44.0 Å². The van der Waals surface area contributed by atoms with E-state index in [0.29, 0.717) is 0 Å². The minimum absolute atomic E-state index is 0.243. The average Bonchev–Trinajstić information content (AvgIpc) is 3.32. The van der Waals surface area contributed by atoms with Crippen molar-refractivity contribution in [2.75, 3.05) is 6.61 Å². The quantitative estimate of drug-likeness (QED) is 0.632. The number of rotatable bonds is 6. The zero-order chi connectivity index (χ0) is 16.9. The zero-order valence-electron chi connectivity index (χ0n) is 13.9. The summed E-state index contributed by atoms with van der Waals surface area (Å²) in [6, 6.07) is 14.4. The number of ether oxygens (including phenoxy) is 1. The molecular weight excluding hydrogens is 332 g/mol. The van der Waals surface area contributed by atoms with E-state index in [1.54, 1.807) is 24.2 Å². The van der Waals surface area contributed by atoms with Crippen molar-refractivity contribution < 1.29 is 4.74 Å². The fourth-order valence-electron chi connectivity index (χ4n) is 2.99. The Morgan fingerprint density at radius 3 is 2.68 bits per heavy atom. The van der Waals surface area contributed by atoms with Crippen LogP contribution in [0.3, 0.4) is 0 Å². The van der Waals surface area contributed by atoms with Crippen LogP contribution in [-0.2, 0) is 17.0 Å². The van der Waals surface area contributed by atoms with Crippen LogP contribution in [0.2, 0.25) is 0 Å². The normalized spacial score (nSPS) is 17.0. The van der Waals surface area contributed by atoms with E-state index >= 15 is 0 Å². The number of nitrogens with zero attached hydrogens (tertiary/aromatic N) is 4. The third kappa shape index (κ3) is 3.91. The Labute approximate surface area is 151 Å². The van der Waals surface area contributed by atoms with Crippen LogP contribution in [0.25, 0.3) is 11.4 Å². The highest BCUT2D eigenvalue weighted by atomic mass is 32.2. The molecule has 0 radical (unpaired) electrons. The monoisotopic (exact) mass is 352 g/mol. The van der Waals surface area contributed by atoms with Gasteiger partial charge in [0.1, 0.15) is 0 Å². The van der Waals surface area contributed by atoms with Crippen LogP contribution in [0.5, 0.6) is 0 Å². The predicted molar refractivity (Wildman–Crippen MR) is 98.2 cm³/mol. The highest BCUT2D eigenvalue weighted by Gasteiger charge is 2.21. The summed E-state index contributed by atoms with van der Waals surface area (Å²) < 4.78 is 8.03. The van der Waals surface area contributed by atoms with Gasteiger partial charge >= 0.3 is 0 Å². The minimum Gasteiger partial charge on any atom is -0.376 e. The van der Waals surface area contributed by atoms with E-state index in [9.17, 15) is 0 Å². The number of hydrogen-bond acceptors (Lipinski definition) is 5.